The molecule has 0 radical (unpaired) electrons. The van der Waals surface area contributed by atoms with Gasteiger partial charge in [0.2, 0.25) is 12.1 Å². The molecule has 0 fully saturated rings. The first-order chi connectivity index (χ1) is 19.1. The number of aliphatic imine (C=N–C) groups is 1. The van der Waals surface area contributed by atoms with Crippen molar-refractivity contribution in [3.63, 3.8) is 0 Å². The summed E-state index contributed by atoms with van der Waals surface area (Å²) in [5.74, 6) is -1.53. The van der Waals surface area contributed by atoms with Crippen LogP contribution in [0.1, 0.15) is 43.0 Å². The topological polar surface area (TPSA) is 100 Å². The summed E-state index contributed by atoms with van der Waals surface area (Å²) in [4.78, 5) is 46.3. The van der Waals surface area contributed by atoms with Gasteiger partial charge in [0.25, 0.3) is 5.91 Å². The summed E-state index contributed by atoms with van der Waals surface area (Å²) in [7, 11) is 0. The van der Waals surface area contributed by atoms with Gasteiger partial charge in [-0.3, -0.25) is 9.59 Å². The Morgan fingerprint density at radius 3 is 2.45 bits per heavy atom. The molecule has 206 valence electrons. The Kier molecular flexibility index (Phi) is 7.38. The van der Waals surface area contributed by atoms with Crippen molar-refractivity contribution in [1.29, 1.82) is 0 Å². The van der Waals surface area contributed by atoms with Gasteiger partial charge in [0.15, 0.2) is 0 Å². The molecule has 2 aliphatic rings. The van der Waals surface area contributed by atoms with Gasteiger partial charge < -0.3 is 20.3 Å². The fraction of sp³-hybridized carbons (Fsp3) is 0.290. The second-order valence-electron chi connectivity index (χ2n) is 10.8. The van der Waals surface area contributed by atoms with E-state index in [9.17, 15) is 14.4 Å². The molecule has 0 aliphatic carbocycles. The highest BCUT2D eigenvalue weighted by atomic mass is 19.1. The summed E-state index contributed by atoms with van der Waals surface area (Å²) in [6, 6.07) is 20.0. The van der Waals surface area contributed by atoms with Gasteiger partial charge in [0.05, 0.1) is 11.4 Å². The molecular formula is C31H31FN4O4. The van der Waals surface area contributed by atoms with Gasteiger partial charge in [-0.2, -0.15) is 0 Å². The SMILES string of the molecule is CC(C)(C)OC(=O)N[C@@H](Cc1ccccc1)C(=O)NC1N=C(c2ccccc2F)c2cccc3c2N(CC3)C1=O. The maximum atomic E-state index is 15.0. The van der Waals surface area contributed by atoms with Crippen LogP contribution in [0.4, 0.5) is 14.9 Å². The molecular weight excluding hydrogens is 511 g/mol. The molecule has 2 N–H and O–H groups in total. The minimum Gasteiger partial charge on any atom is -0.444 e. The molecule has 3 aromatic carbocycles. The molecule has 8 nitrogen and oxygen atoms in total. The number of carbonyl (C=O) groups is 3. The van der Waals surface area contributed by atoms with E-state index >= 15 is 4.39 Å². The molecule has 40 heavy (non-hydrogen) atoms. The molecule has 9 heteroatoms. The number of hydrogen-bond donors (Lipinski definition) is 2. The number of ether oxygens (including phenoxy) is 1. The zero-order chi connectivity index (χ0) is 28.4. The van der Waals surface area contributed by atoms with E-state index in [0.717, 1.165) is 11.1 Å². The van der Waals surface area contributed by atoms with Gasteiger partial charge in [-0.05, 0) is 50.5 Å². The number of amides is 3. The van der Waals surface area contributed by atoms with Crippen molar-refractivity contribution < 1.29 is 23.5 Å². The highest BCUT2D eigenvalue weighted by Crippen LogP contribution is 2.36. The second kappa shape index (κ2) is 10.9. The number of carbonyl (C=O) groups excluding carboxylic acids is 3. The highest BCUT2D eigenvalue weighted by molar-refractivity contribution is 6.21. The number of halogens is 1. The first-order valence-corrected chi connectivity index (χ1v) is 13.2. The van der Waals surface area contributed by atoms with Crippen molar-refractivity contribution in [2.24, 2.45) is 4.99 Å². The Hall–Kier alpha value is -4.53. The van der Waals surface area contributed by atoms with E-state index in [1.165, 1.54) is 6.07 Å². The van der Waals surface area contributed by atoms with Crippen LogP contribution in [0.5, 0.6) is 0 Å². The lowest BCUT2D eigenvalue weighted by molar-refractivity contribution is -0.128. The third kappa shape index (κ3) is 5.73. The number of alkyl carbamates (subject to hydrolysis) is 1. The van der Waals surface area contributed by atoms with Gasteiger partial charge in [-0.25, -0.2) is 14.2 Å². The van der Waals surface area contributed by atoms with Crippen LogP contribution in [0, 0.1) is 5.82 Å². The molecule has 3 aromatic rings. The molecule has 2 aliphatic heterocycles. The standard InChI is InChI=1S/C31H31FN4O4/c1-31(2,3)40-30(39)33-24(18-19-10-5-4-6-11-19)28(37)35-27-29(38)36-17-16-20-12-9-14-22(26(20)36)25(34-27)21-13-7-8-15-23(21)32/h4-15,24,27H,16-18H2,1-3H3,(H,33,39)(H,35,37)/t24-,27?/m0/s1. The van der Waals surface area contributed by atoms with Crippen molar-refractivity contribution in [2.75, 3.05) is 11.4 Å². The Labute approximate surface area is 232 Å². The van der Waals surface area contributed by atoms with Crippen LogP contribution in [-0.2, 0) is 27.2 Å². The number of rotatable bonds is 6. The van der Waals surface area contributed by atoms with Crippen molar-refractivity contribution in [3.8, 4) is 0 Å². The summed E-state index contributed by atoms with van der Waals surface area (Å²) in [5.41, 5.74) is 2.79. The van der Waals surface area contributed by atoms with Crippen LogP contribution in [0.2, 0.25) is 0 Å². The molecule has 0 aromatic heterocycles. The lowest BCUT2D eigenvalue weighted by Gasteiger charge is -2.25. The number of nitrogens with one attached hydrogen (secondary N) is 2. The van der Waals surface area contributed by atoms with E-state index in [2.05, 4.69) is 15.6 Å². The van der Waals surface area contributed by atoms with E-state index in [0.29, 0.717) is 24.2 Å². The van der Waals surface area contributed by atoms with Crippen molar-refractivity contribution in [2.45, 2.75) is 51.4 Å². The van der Waals surface area contributed by atoms with E-state index in [4.69, 9.17) is 4.74 Å². The van der Waals surface area contributed by atoms with Crippen LogP contribution in [-0.4, -0.2) is 48.0 Å². The highest BCUT2D eigenvalue weighted by Gasteiger charge is 2.38. The fourth-order valence-electron chi connectivity index (χ4n) is 4.97. The third-order valence-corrected chi connectivity index (χ3v) is 6.71. The van der Waals surface area contributed by atoms with E-state index < -0.39 is 41.5 Å². The zero-order valence-electron chi connectivity index (χ0n) is 22.6. The number of para-hydroxylation sites is 1. The number of nitrogens with zero attached hydrogens (tertiary/aromatic N) is 2. The Balaban J connectivity index is 1.50. The molecule has 2 atom stereocenters. The zero-order valence-corrected chi connectivity index (χ0v) is 22.6. The summed E-state index contributed by atoms with van der Waals surface area (Å²) in [6.07, 6.45) is -1.30. The van der Waals surface area contributed by atoms with Gasteiger partial charge in [-0.1, -0.05) is 60.7 Å². The van der Waals surface area contributed by atoms with Gasteiger partial charge in [0.1, 0.15) is 17.5 Å². The van der Waals surface area contributed by atoms with Crippen LogP contribution in [0.25, 0.3) is 0 Å². The van der Waals surface area contributed by atoms with Crippen LogP contribution >= 0.6 is 0 Å². The first kappa shape index (κ1) is 27.1. The first-order valence-electron chi connectivity index (χ1n) is 13.2. The minimum absolute atomic E-state index is 0.158. The largest absolute Gasteiger partial charge is 0.444 e. The average Bonchev–Trinajstić information content (AvgIpc) is 3.30. The molecule has 0 saturated carbocycles. The number of benzene rings is 3. The monoisotopic (exact) mass is 542 g/mol. The lowest BCUT2D eigenvalue weighted by Crippen LogP contribution is -2.54. The predicted molar refractivity (Wildman–Crippen MR) is 150 cm³/mol. The maximum absolute atomic E-state index is 15.0. The van der Waals surface area contributed by atoms with E-state index in [-0.39, 0.29) is 17.7 Å². The van der Waals surface area contributed by atoms with Crippen molar-refractivity contribution >= 4 is 29.3 Å². The fourth-order valence-corrected chi connectivity index (χ4v) is 4.97. The maximum Gasteiger partial charge on any atom is 0.408 e. The molecule has 1 unspecified atom stereocenters. The van der Waals surface area contributed by atoms with E-state index in [1.807, 2.05) is 48.5 Å². The quantitative estimate of drug-likeness (QED) is 0.489. The Morgan fingerprint density at radius 1 is 1.02 bits per heavy atom. The van der Waals surface area contributed by atoms with Crippen LogP contribution in [0.15, 0.2) is 77.8 Å². The van der Waals surface area contributed by atoms with Crippen LogP contribution in [0.3, 0.4) is 0 Å². The summed E-state index contributed by atoms with van der Waals surface area (Å²) in [6.45, 7) is 5.60. The van der Waals surface area contributed by atoms with E-state index in [1.54, 1.807) is 43.9 Å². The lowest BCUT2D eigenvalue weighted by atomic mass is 9.98. The molecule has 0 spiro atoms. The van der Waals surface area contributed by atoms with Crippen LogP contribution < -0.4 is 15.5 Å². The summed E-state index contributed by atoms with van der Waals surface area (Å²) >= 11 is 0. The van der Waals surface area contributed by atoms with Gasteiger partial charge in [0, 0.05) is 24.1 Å². The molecule has 0 saturated heterocycles. The molecule has 0 bridgehead atoms. The Bertz CT molecular complexity index is 1480. The number of anilines is 1. The predicted octanol–water partition coefficient (Wildman–Crippen LogP) is 4.14. The molecule has 3 amide bonds. The van der Waals surface area contributed by atoms with Gasteiger partial charge in [-0.15, -0.1) is 0 Å². The summed E-state index contributed by atoms with van der Waals surface area (Å²) in [5, 5.41) is 5.37. The smallest absolute Gasteiger partial charge is 0.408 e. The molecule has 5 rings (SSSR count). The van der Waals surface area contributed by atoms with Crippen molar-refractivity contribution in [1.82, 2.24) is 10.6 Å². The van der Waals surface area contributed by atoms with Crippen molar-refractivity contribution in [3.05, 3.63) is 101 Å². The minimum atomic E-state index is -1.33. The Morgan fingerprint density at radius 2 is 1.73 bits per heavy atom. The summed E-state index contributed by atoms with van der Waals surface area (Å²) < 4.78 is 20.4. The average molecular weight is 543 g/mol. The number of hydrogen-bond acceptors (Lipinski definition) is 5. The van der Waals surface area contributed by atoms with Gasteiger partial charge >= 0.3 is 6.09 Å². The normalized spacial score (nSPS) is 16.9. The third-order valence-electron chi connectivity index (χ3n) is 6.71. The second-order valence-corrected chi connectivity index (χ2v) is 10.8. The molecule has 2 heterocycles.